The van der Waals surface area contributed by atoms with E-state index in [1.54, 1.807) is 7.11 Å². The Labute approximate surface area is 157 Å². The van der Waals surface area contributed by atoms with Crippen molar-refractivity contribution in [3.8, 4) is 5.75 Å². The van der Waals surface area contributed by atoms with Gasteiger partial charge in [0.25, 0.3) is 0 Å². The molecular formula is C22H32N2O2. The summed E-state index contributed by atoms with van der Waals surface area (Å²) in [7, 11) is 1.70. The number of amides is 1. The van der Waals surface area contributed by atoms with Crippen molar-refractivity contribution in [2.75, 3.05) is 13.7 Å². The number of rotatable bonds is 6. The molecule has 1 aliphatic carbocycles. The van der Waals surface area contributed by atoms with Gasteiger partial charge in [0, 0.05) is 24.0 Å². The maximum Gasteiger partial charge on any atom is 0.227 e. The number of nitrogens with one attached hydrogen (secondary N) is 2. The van der Waals surface area contributed by atoms with E-state index in [0.29, 0.717) is 12.1 Å². The molecule has 0 unspecified atom stereocenters. The van der Waals surface area contributed by atoms with Crippen LogP contribution in [0.3, 0.4) is 0 Å². The summed E-state index contributed by atoms with van der Waals surface area (Å²) in [5, 5.41) is 7.06. The zero-order chi connectivity index (χ0) is 18.2. The minimum atomic E-state index is -0.192. The van der Waals surface area contributed by atoms with Crippen molar-refractivity contribution in [1.29, 1.82) is 0 Å². The van der Waals surface area contributed by atoms with Crippen LogP contribution in [0, 0.1) is 5.41 Å². The van der Waals surface area contributed by atoms with Gasteiger partial charge in [0.2, 0.25) is 5.91 Å². The molecule has 142 valence electrons. The number of methoxy groups -OCH3 is 1. The Morgan fingerprint density at radius 2 is 1.96 bits per heavy atom. The molecule has 0 spiro atoms. The molecule has 1 aromatic carbocycles. The topological polar surface area (TPSA) is 50.4 Å². The first-order valence-corrected chi connectivity index (χ1v) is 10.3. The van der Waals surface area contributed by atoms with E-state index in [-0.39, 0.29) is 16.7 Å². The van der Waals surface area contributed by atoms with Crippen molar-refractivity contribution in [3.05, 3.63) is 29.8 Å². The lowest BCUT2D eigenvalue weighted by molar-refractivity contribution is -0.132. The second kappa shape index (κ2) is 6.88. The Kier molecular flexibility index (Phi) is 4.72. The number of benzene rings is 1. The largest absolute Gasteiger partial charge is 0.497 e. The second-order valence-electron chi connectivity index (χ2n) is 8.61. The molecule has 2 heterocycles. The van der Waals surface area contributed by atoms with Crippen molar-refractivity contribution in [2.24, 2.45) is 5.41 Å². The lowest BCUT2D eigenvalue weighted by Gasteiger charge is -2.37. The third-order valence-electron chi connectivity index (χ3n) is 7.45. The van der Waals surface area contributed by atoms with Gasteiger partial charge < -0.3 is 15.4 Å². The Hall–Kier alpha value is -1.55. The number of carbonyl (C=O) groups excluding carboxylic acids is 1. The van der Waals surface area contributed by atoms with Gasteiger partial charge >= 0.3 is 0 Å². The summed E-state index contributed by atoms with van der Waals surface area (Å²) < 4.78 is 5.31. The third-order valence-corrected chi connectivity index (χ3v) is 7.45. The maximum absolute atomic E-state index is 13.2. The van der Waals surface area contributed by atoms with Gasteiger partial charge in [0.15, 0.2) is 0 Å². The van der Waals surface area contributed by atoms with E-state index in [0.717, 1.165) is 44.4 Å². The molecule has 4 heteroatoms. The Bertz CT molecular complexity index is 651. The lowest BCUT2D eigenvalue weighted by Crippen LogP contribution is -2.51. The lowest BCUT2D eigenvalue weighted by atomic mass is 9.70. The normalized spacial score (nSPS) is 31.9. The van der Waals surface area contributed by atoms with Crippen molar-refractivity contribution in [1.82, 2.24) is 10.6 Å². The molecule has 3 atom stereocenters. The predicted octanol–water partition coefficient (Wildman–Crippen LogP) is 3.54. The quantitative estimate of drug-likeness (QED) is 0.820. The first-order chi connectivity index (χ1) is 12.6. The smallest absolute Gasteiger partial charge is 0.227 e. The maximum atomic E-state index is 13.2. The molecule has 2 bridgehead atoms. The molecule has 3 aliphatic rings. The summed E-state index contributed by atoms with van der Waals surface area (Å²) in [5.74, 6) is 1.17. The molecular weight excluding hydrogens is 324 g/mol. The predicted molar refractivity (Wildman–Crippen MR) is 103 cm³/mol. The van der Waals surface area contributed by atoms with Crippen molar-refractivity contribution >= 4 is 5.91 Å². The molecule has 1 aromatic rings. The van der Waals surface area contributed by atoms with Crippen LogP contribution in [0.2, 0.25) is 0 Å². The van der Waals surface area contributed by atoms with Gasteiger partial charge in [0.05, 0.1) is 12.5 Å². The van der Waals surface area contributed by atoms with E-state index in [1.165, 1.54) is 24.8 Å². The molecule has 2 aliphatic heterocycles. The summed E-state index contributed by atoms with van der Waals surface area (Å²) in [6.45, 7) is 2.94. The SMILES string of the molecule is CC[C@@]1(C(=O)NCC2(c3ccc(OC)cc3)CCCC2)C[C@@H]2CC[C@H]1N2. The van der Waals surface area contributed by atoms with Gasteiger partial charge in [0.1, 0.15) is 5.75 Å². The van der Waals surface area contributed by atoms with Crippen molar-refractivity contribution in [3.63, 3.8) is 0 Å². The van der Waals surface area contributed by atoms with Gasteiger partial charge in [-0.1, -0.05) is 31.9 Å². The molecule has 4 nitrogen and oxygen atoms in total. The summed E-state index contributed by atoms with van der Waals surface area (Å²) in [4.78, 5) is 13.2. The number of fused-ring (bicyclic) bond motifs is 2. The van der Waals surface area contributed by atoms with Gasteiger partial charge in [-0.2, -0.15) is 0 Å². The van der Waals surface area contributed by atoms with Crippen LogP contribution in [0.5, 0.6) is 5.75 Å². The van der Waals surface area contributed by atoms with Crippen LogP contribution in [0.15, 0.2) is 24.3 Å². The standard InChI is InChI=1S/C22H32N2O2/c1-3-22(14-17-8-11-19(22)24-17)20(25)23-15-21(12-4-5-13-21)16-6-9-18(26-2)10-7-16/h6-7,9-10,17,19,24H,3-5,8,11-15H2,1-2H3,(H,23,25)/t17-,19+,22+/m0/s1. The first kappa shape index (κ1) is 17.8. The average Bonchev–Trinajstić information content (AvgIpc) is 3.42. The molecule has 2 saturated heterocycles. The van der Waals surface area contributed by atoms with Crippen LogP contribution in [0.1, 0.15) is 63.9 Å². The van der Waals surface area contributed by atoms with E-state index in [9.17, 15) is 4.79 Å². The van der Waals surface area contributed by atoms with E-state index in [1.807, 2.05) is 12.1 Å². The number of hydrogen-bond donors (Lipinski definition) is 2. The molecule has 2 N–H and O–H groups in total. The van der Waals surface area contributed by atoms with Crippen LogP contribution in [-0.2, 0) is 10.2 Å². The zero-order valence-corrected chi connectivity index (χ0v) is 16.1. The van der Waals surface area contributed by atoms with E-state index < -0.39 is 0 Å². The molecule has 4 rings (SSSR count). The van der Waals surface area contributed by atoms with Crippen LogP contribution in [-0.4, -0.2) is 31.6 Å². The van der Waals surface area contributed by atoms with Crippen molar-refractivity contribution < 1.29 is 9.53 Å². The molecule has 3 fully saturated rings. The van der Waals surface area contributed by atoms with E-state index in [4.69, 9.17) is 4.74 Å². The van der Waals surface area contributed by atoms with E-state index >= 15 is 0 Å². The highest BCUT2D eigenvalue weighted by molar-refractivity contribution is 5.84. The number of ether oxygens (including phenoxy) is 1. The number of carbonyl (C=O) groups is 1. The van der Waals surface area contributed by atoms with E-state index in [2.05, 4.69) is 29.7 Å². The zero-order valence-electron chi connectivity index (χ0n) is 16.1. The Balaban J connectivity index is 1.49. The van der Waals surface area contributed by atoms with Crippen LogP contribution in [0.25, 0.3) is 0 Å². The van der Waals surface area contributed by atoms with Gasteiger partial charge in [-0.15, -0.1) is 0 Å². The minimum absolute atomic E-state index is 0.0852. The molecule has 1 saturated carbocycles. The van der Waals surface area contributed by atoms with Crippen LogP contribution < -0.4 is 15.4 Å². The highest BCUT2D eigenvalue weighted by Gasteiger charge is 2.54. The van der Waals surface area contributed by atoms with Gasteiger partial charge in [-0.3, -0.25) is 4.79 Å². The molecule has 0 radical (unpaired) electrons. The molecule has 26 heavy (non-hydrogen) atoms. The molecule has 0 aromatic heterocycles. The van der Waals surface area contributed by atoms with Crippen LogP contribution >= 0.6 is 0 Å². The van der Waals surface area contributed by atoms with Gasteiger partial charge in [-0.25, -0.2) is 0 Å². The summed E-state index contributed by atoms with van der Waals surface area (Å²) in [6, 6.07) is 9.39. The fraction of sp³-hybridized carbons (Fsp3) is 0.682. The minimum Gasteiger partial charge on any atom is -0.497 e. The fourth-order valence-electron chi connectivity index (χ4n) is 5.79. The summed E-state index contributed by atoms with van der Waals surface area (Å²) in [5.41, 5.74) is 1.23. The van der Waals surface area contributed by atoms with Crippen molar-refractivity contribution in [2.45, 2.75) is 75.8 Å². The highest BCUT2D eigenvalue weighted by atomic mass is 16.5. The Morgan fingerprint density at radius 3 is 2.50 bits per heavy atom. The van der Waals surface area contributed by atoms with Crippen LogP contribution in [0.4, 0.5) is 0 Å². The van der Waals surface area contributed by atoms with Gasteiger partial charge in [-0.05, 0) is 56.2 Å². The fourth-order valence-corrected chi connectivity index (χ4v) is 5.79. The highest BCUT2D eigenvalue weighted by Crippen LogP contribution is 2.46. The monoisotopic (exact) mass is 356 g/mol. The summed E-state index contributed by atoms with van der Waals surface area (Å²) in [6.07, 6.45) is 9.12. The molecule has 1 amide bonds. The number of hydrogen-bond acceptors (Lipinski definition) is 3. The Morgan fingerprint density at radius 1 is 1.23 bits per heavy atom. The summed E-state index contributed by atoms with van der Waals surface area (Å²) >= 11 is 0. The third kappa shape index (κ3) is 2.83. The first-order valence-electron chi connectivity index (χ1n) is 10.3. The average molecular weight is 357 g/mol. The second-order valence-corrected chi connectivity index (χ2v) is 8.61.